The summed E-state index contributed by atoms with van der Waals surface area (Å²) in [6.45, 7) is -0.245. The summed E-state index contributed by atoms with van der Waals surface area (Å²) < 4.78 is 81.9. The molecule has 6 nitrogen and oxygen atoms in total. The van der Waals surface area contributed by atoms with Gasteiger partial charge < -0.3 is 25.6 Å². The van der Waals surface area contributed by atoms with Crippen molar-refractivity contribution in [1.29, 1.82) is 0 Å². The summed E-state index contributed by atoms with van der Waals surface area (Å²) in [7, 11) is 0. The van der Waals surface area contributed by atoms with Crippen molar-refractivity contribution in [2.45, 2.75) is 37.8 Å². The van der Waals surface area contributed by atoms with Gasteiger partial charge in [0, 0.05) is 12.6 Å². The number of aliphatic hydroxyl groups excluding tert-OH is 1. The van der Waals surface area contributed by atoms with Crippen molar-refractivity contribution in [2.75, 3.05) is 0 Å². The zero-order valence-corrected chi connectivity index (χ0v) is 15.7. The van der Waals surface area contributed by atoms with Gasteiger partial charge in [0.1, 0.15) is 17.6 Å². The molecule has 0 saturated carbocycles. The molecule has 0 fully saturated rings. The second-order valence-electron chi connectivity index (χ2n) is 6.38. The summed E-state index contributed by atoms with van der Waals surface area (Å²) in [5, 5.41) is 12.4. The van der Waals surface area contributed by atoms with E-state index >= 15 is 0 Å². The summed E-state index contributed by atoms with van der Waals surface area (Å²) >= 11 is 0. The molecule has 0 saturated heterocycles. The van der Waals surface area contributed by atoms with E-state index in [2.05, 4.69) is 14.8 Å². The van der Waals surface area contributed by atoms with Gasteiger partial charge in [0.25, 0.3) is 5.91 Å². The first-order valence-corrected chi connectivity index (χ1v) is 8.74. The molecule has 1 amide bonds. The lowest BCUT2D eigenvalue weighted by Crippen LogP contribution is -2.47. The number of nitrogens with two attached hydrogens (primary N) is 1. The van der Waals surface area contributed by atoms with Gasteiger partial charge in [0.15, 0.2) is 0 Å². The predicted octanol–water partition coefficient (Wildman–Crippen LogP) is 3.03. The quantitative estimate of drug-likeness (QED) is 0.536. The minimum atomic E-state index is -4.93. The van der Waals surface area contributed by atoms with Crippen molar-refractivity contribution in [3.63, 3.8) is 0 Å². The number of alkyl halides is 6. The van der Waals surface area contributed by atoms with Gasteiger partial charge in [0.2, 0.25) is 0 Å². The third-order valence-corrected chi connectivity index (χ3v) is 3.93. The molecule has 4 N–H and O–H groups in total. The number of benzene rings is 2. The van der Waals surface area contributed by atoms with Crippen LogP contribution in [0.25, 0.3) is 0 Å². The molecule has 0 radical (unpaired) electrons. The molecule has 0 heterocycles. The van der Waals surface area contributed by atoms with Crippen LogP contribution in [-0.2, 0) is 17.8 Å². The molecular formula is C19H18F6N2O4. The van der Waals surface area contributed by atoms with Gasteiger partial charge in [0.05, 0.1) is 0 Å². The van der Waals surface area contributed by atoms with E-state index in [1.807, 2.05) is 0 Å². The minimum absolute atomic E-state index is 0.0242. The number of amides is 1. The van der Waals surface area contributed by atoms with E-state index in [0.717, 1.165) is 18.2 Å². The van der Waals surface area contributed by atoms with Crippen LogP contribution in [0.1, 0.15) is 11.1 Å². The molecule has 170 valence electrons. The van der Waals surface area contributed by atoms with Crippen molar-refractivity contribution in [3.8, 4) is 11.5 Å². The lowest BCUT2D eigenvalue weighted by atomic mass is 10.0. The van der Waals surface area contributed by atoms with Crippen molar-refractivity contribution in [1.82, 2.24) is 5.32 Å². The Balaban J connectivity index is 1.96. The number of hydrogen-bond donors (Lipinski definition) is 3. The SMILES string of the molecule is N[C@H](Cc1ccccc1OC(F)(F)F)C(O)C(=O)NCc1cccc(OC(F)(F)F)c1. The number of rotatable bonds is 8. The van der Waals surface area contributed by atoms with E-state index in [9.17, 15) is 36.2 Å². The molecule has 1 unspecified atom stereocenters. The second kappa shape index (κ2) is 9.88. The zero-order valence-electron chi connectivity index (χ0n) is 15.7. The molecule has 0 aromatic heterocycles. The molecule has 2 rings (SSSR count). The maximum Gasteiger partial charge on any atom is 0.573 e. The highest BCUT2D eigenvalue weighted by Gasteiger charge is 2.33. The number of carbonyl (C=O) groups excluding carboxylic acids is 1. The monoisotopic (exact) mass is 452 g/mol. The fourth-order valence-corrected chi connectivity index (χ4v) is 2.60. The van der Waals surface area contributed by atoms with Gasteiger partial charge in [-0.3, -0.25) is 4.79 Å². The zero-order chi connectivity index (χ0) is 23.2. The molecule has 0 aliphatic heterocycles. The van der Waals surface area contributed by atoms with Crippen molar-refractivity contribution in [2.24, 2.45) is 5.73 Å². The molecular weight excluding hydrogens is 434 g/mol. The Hall–Kier alpha value is -2.99. The second-order valence-corrected chi connectivity index (χ2v) is 6.38. The van der Waals surface area contributed by atoms with Gasteiger partial charge >= 0.3 is 12.7 Å². The Kier molecular flexibility index (Phi) is 7.74. The highest BCUT2D eigenvalue weighted by molar-refractivity contribution is 5.81. The summed E-state index contributed by atoms with van der Waals surface area (Å²) in [4.78, 5) is 12.1. The van der Waals surface area contributed by atoms with Crippen LogP contribution in [0.3, 0.4) is 0 Å². The number of ether oxygens (including phenoxy) is 2. The molecule has 31 heavy (non-hydrogen) atoms. The molecule has 2 atom stereocenters. The lowest BCUT2D eigenvalue weighted by molar-refractivity contribution is -0.275. The van der Waals surface area contributed by atoms with Gasteiger partial charge in [-0.15, -0.1) is 26.3 Å². The Labute approximate surface area is 172 Å². The van der Waals surface area contributed by atoms with Crippen LogP contribution < -0.4 is 20.5 Å². The number of aliphatic hydroxyl groups is 1. The van der Waals surface area contributed by atoms with Crippen LogP contribution in [0, 0.1) is 0 Å². The average Bonchev–Trinajstić information content (AvgIpc) is 2.64. The smallest absolute Gasteiger partial charge is 0.406 e. The van der Waals surface area contributed by atoms with E-state index in [-0.39, 0.29) is 24.1 Å². The van der Waals surface area contributed by atoms with Crippen LogP contribution in [0.2, 0.25) is 0 Å². The third kappa shape index (κ3) is 8.34. The number of carbonyl (C=O) groups is 1. The standard InChI is InChI=1S/C19H18F6N2O4/c20-18(21,22)30-13-6-3-4-11(8-13)10-27-17(29)16(28)14(26)9-12-5-1-2-7-15(12)31-19(23,24)25/h1-8,14,16,28H,9-10,26H2,(H,27,29)/t14-,16?/m1/s1. The minimum Gasteiger partial charge on any atom is -0.406 e. The molecule has 0 bridgehead atoms. The molecule has 0 aliphatic rings. The lowest BCUT2D eigenvalue weighted by Gasteiger charge is -2.20. The highest BCUT2D eigenvalue weighted by Crippen LogP contribution is 2.27. The Bertz CT molecular complexity index is 888. The van der Waals surface area contributed by atoms with Crippen LogP contribution in [0.5, 0.6) is 11.5 Å². The van der Waals surface area contributed by atoms with E-state index in [1.165, 1.54) is 30.3 Å². The van der Waals surface area contributed by atoms with E-state index in [4.69, 9.17) is 5.73 Å². The van der Waals surface area contributed by atoms with Gasteiger partial charge in [-0.1, -0.05) is 30.3 Å². The van der Waals surface area contributed by atoms with E-state index in [0.29, 0.717) is 0 Å². The molecule has 12 heteroatoms. The topological polar surface area (TPSA) is 93.8 Å². The number of nitrogens with one attached hydrogen (secondary N) is 1. The van der Waals surface area contributed by atoms with E-state index < -0.39 is 42.3 Å². The Morgan fingerprint density at radius 2 is 1.65 bits per heavy atom. The van der Waals surface area contributed by atoms with Crippen molar-refractivity contribution in [3.05, 3.63) is 59.7 Å². The van der Waals surface area contributed by atoms with Crippen LogP contribution in [0.15, 0.2) is 48.5 Å². The van der Waals surface area contributed by atoms with Crippen molar-refractivity contribution < 1.29 is 45.7 Å². The number of hydrogen-bond acceptors (Lipinski definition) is 5. The summed E-state index contributed by atoms with van der Waals surface area (Å²) in [6, 6.07) is 8.66. The summed E-state index contributed by atoms with van der Waals surface area (Å²) in [5.41, 5.74) is 6.03. The van der Waals surface area contributed by atoms with Crippen LogP contribution >= 0.6 is 0 Å². The first-order valence-electron chi connectivity index (χ1n) is 8.74. The third-order valence-electron chi connectivity index (χ3n) is 3.93. The first-order chi connectivity index (χ1) is 14.3. The van der Waals surface area contributed by atoms with Crippen LogP contribution in [0.4, 0.5) is 26.3 Å². The molecule has 2 aromatic carbocycles. The normalized spacial score (nSPS) is 13.9. The summed E-state index contributed by atoms with van der Waals surface area (Å²) in [5.74, 6) is -1.96. The predicted molar refractivity (Wildman–Crippen MR) is 95.8 cm³/mol. The fourth-order valence-electron chi connectivity index (χ4n) is 2.60. The summed E-state index contributed by atoms with van der Waals surface area (Å²) in [6.07, 6.45) is -11.9. The largest absolute Gasteiger partial charge is 0.573 e. The molecule has 0 aliphatic carbocycles. The Morgan fingerprint density at radius 1 is 1.00 bits per heavy atom. The molecule has 2 aromatic rings. The molecule has 0 spiro atoms. The Morgan fingerprint density at radius 3 is 2.29 bits per heavy atom. The van der Waals surface area contributed by atoms with Gasteiger partial charge in [-0.05, 0) is 35.7 Å². The van der Waals surface area contributed by atoms with Crippen molar-refractivity contribution >= 4 is 5.91 Å². The number of halogens is 6. The van der Waals surface area contributed by atoms with Gasteiger partial charge in [-0.25, -0.2) is 0 Å². The van der Waals surface area contributed by atoms with E-state index in [1.54, 1.807) is 0 Å². The first kappa shape index (κ1) is 24.3. The van der Waals surface area contributed by atoms with Crippen LogP contribution in [-0.4, -0.2) is 35.9 Å². The van der Waals surface area contributed by atoms with Gasteiger partial charge in [-0.2, -0.15) is 0 Å². The average molecular weight is 452 g/mol. The maximum atomic E-state index is 12.5. The maximum absolute atomic E-state index is 12.5. The fraction of sp³-hybridized carbons (Fsp3) is 0.316. The number of para-hydroxylation sites is 1. The highest BCUT2D eigenvalue weighted by atomic mass is 19.4.